The Bertz CT molecular complexity index is 1740. The molecule has 1 unspecified atom stereocenters. The number of fused-ring (bicyclic) bond motifs is 2. The molecule has 2 atom stereocenters. The van der Waals surface area contributed by atoms with Crippen molar-refractivity contribution in [3.8, 4) is 22.9 Å². The number of aliphatic hydroxyl groups is 1. The molecule has 4 N–H and O–H groups in total. The SMILES string of the molecule is COc1cc(C(=O)NC[C@](O)(c2cc3c(c(-c4ccc(F)cc4)n2)OCC3(C)CF)C(F)(F)F)cc2cc(C(N)=O)nn12. The monoisotopic (exact) mass is 605 g/mol. The Labute approximate surface area is 240 Å². The molecule has 0 aliphatic carbocycles. The van der Waals surface area contributed by atoms with Crippen LogP contribution < -0.4 is 20.5 Å². The maximum absolute atomic E-state index is 14.6. The van der Waals surface area contributed by atoms with E-state index in [4.69, 9.17) is 15.2 Å². The number of aromatic nitrogens is 3. The lowest BCUT2D eigenvalue weighted by Crippen LogP contribution is -2.51. The van der Waals surface area contributed by atoms with Gasteiger partial charge in [0.1, 0.15) is 30.5 Å². The minimum atomic E-state index is -5.38. The van der Waals surface area contributed by atoms with E-state index in [1.807, 2.05) is 0 Å². The molecule has 4 aromatic rings. The number of nitrogens with zero attached hydrogens (tertiary/aromatic N) is 3. The Hall–Kier alpha value is -4.79. The lowest BCUT2D eigenvalue weighted by atomic mass is 9.83. The number of hydrogen-bond acceptors (Lipinski definition) is 7. The first-order valence-corrected chi connectivity index (χ1v) is 12.7. The predicted molar refractivity (Wildman–Crippen MR) is 141 cm³/mol. The highest BCUT2D eigenvalue weighted by Gasteiger charge is 2.57. The average Bonchev–Trinajstić information content (AvgIpc) is 3.56. The van der Waals surface area contributed by atoms with Crippen molar-refractivity contribution in [3.63, 3.8) is 0 Å². The molecule has 1 aliphatic rings. The van der Waals surface area contributed by atoms with Crippen LogP contribution in [0.3, 0.4) is 0 Å². The number of benzene rings is 1. The molecule has 15 heteroatoms. The third kappa shape index (κ3) is 5.09. The van der Waals surface area contributed by atoms with E-state index in [9.17, 15) is 36.6 Å². The van der Waals surface area contributed by atoms with Gasteiger partial charge in [0.15, 0.2) is 5.69 Å². The van der Waals surface area contributed by atoms with Crippen LogP contribution in [0.2, 0.25) is 0 Å². The van der Waals surface area contributed by atoms with Crippen molar-refractivity contribution in [3.05, 3.63) is 76.9 Å². The first-order valence-electron chi connectivity index (χ1n) is 12.7. The summed E-state index contributed by atoms with van der Waals surface area (Å²) in [7, 11) is 1.25. The number of rotatable bonds is 8. The lowest BCUT2D eigenvalue weighted by molar-refractivity contribution is -0.265. The summed E-state index contributed by atoms with van der Waals surface area (Å²) in [6.45, 7) is -1.16. The van der Waals surface area contributed by atoms with Gasteiger partial charge in [-0.3, -0.25) is 9.59 Å². The van der Waals surface area contributed by atoms with Gasteiger partial charge in [0.05, 0.1) is 30.3 Å². The van der Waals surface area contributed by atoms with Crippen molar-refractivity contribution in [1.29, 1.82) is 0 Å². The molecule has 4 heterocycles. The summed E-state index contributed by atoms with van der Waals surface area (Å²) in [6, 6.07) is 9.19. The van der Waals surface area contributed by atoms with Crippen LogP contribution in [-0.2, 0) is 11.0 Å². The Morgan fingerprint density at radius 2 is 1.88 bits per heavy atom. The minimum absolute atomic E-state index is 0.000559. The summed E-state index contributed by atoms with van der Waals surface area (Å²) >= 11 is 0. The number of carbonyl (C=O) groups is 2. The highest BCUT2D eigenvalue weighted by atomic mass is 19.4. The quantitative estimate of drug-likeness (QED) is 0.262. The fourth-order valence-electron chi connectivity index (χ4n) is 4.68. The van der Waals surface area contributed by atoms with Crippen LogP contribution in [0.15, 0.2) is 48.5 Å². The fraction of sp³-hybridized carbons (Fsp3) is 0.286. The number of carbonyl (C=O) groups excluding carboxylic acids is 2. The molecule has 1 aromatic carbocycles. The topological polar surface area (TPSA) is 141 Å². The summed E-state index contributed by atoms with van der Waals surface area (Å²) in [6.07, 6.45) is -5.38. The van der Waals surface area contributed by atoms with Gasteiger partial charge in [-0.25, -0.2) is 18.3 Å². The first-order chi connectivity index (χ1) is 20.2. The molecule has 226 valence electrons. The summed E-state index contributed by atoms with van der Waals surface area (Å²) < 4.78 is 83.5. The van der Waals surface area contributed by atoms with Crippen LogP contribution >= 0.6 is 0 Å². The number of pyridine rings is 2. The maximum atomic E-state index is 14.6. The van der Waals surface area contributed by atoms with Gasteiger partial charge in [-0.2, -0.15) is 18.3 Å². The van der Waals surface area contributed by atoms with Crippen LogP contribution in [0, 0.1) is 5.82 Å². The van der Waals surface area contributed by atoms with E-state index in [-0.39, 0.29) is 51.8 Å². The number of methoxy groups -OCH3 is 1. The first kappa shape index (κ1) is 29.7. The summed E-state index contributed by atoms with van der Waals surface area (Å²) in [5, 5.41) is 17.2. The van der Waals surface area contributed by atoms with Crippen molar-refractivity contribution in [2.45, 2.75) is 24.1 Å². The number of ether oxygens (including phenoxy) is 2. The van der Waals surface area contributed by atoms with Gasteiger partial charge in [-0.1, -0.05) is 0 Å². The number of halogens is 5. The van der Waals surface area contributed by atoms with Crippen LogP contribution in [0.4, 0.5) is 22.0 Å². The van der Waals surface area contributed by atoms with Crippen molar-refractivity contribution in [2.24, 2.45) is 5.73 Å². The van der Waals surface area contributed by atoms with Crippen LogP contribution in [0.25, 0.3) is 16.8 Å². The number of nitrogens with one attached hydrogen (secondary N) is 1. The molecule has 0 bridgehead atoms. The number of alkyl halides is 4. The second-order valence-electron chi connectivity index (χ2n) is 10.3. The minimum Gasteiger partial charge on any atom is -0.490 e. The van der Waals surface area contributed by atoms with Gasteiger partial charge in [0, 0.05) is 22.8 Å². The molecule has 0 saturated carbocycles. The van der Waals surface area contributed by atoms with Crippen molar-refractivity contribution in [1.82, 2.24) is 19.9 Å². The van der Waals surface area contributed by atoms with Crippen molar-refractivity contribution < 1.29 is 46.1 Å². The summed E-state index contributed by atoms with van der Waals surface area (Å²) in [5.41, 5.74) is -0.931. The van der Waals surface area contributed by atoms with E-state index < -0.39 is 53.7 Å². The molecule has 2 amide bonds. The number of primary amides is 1. The Morgan fingerprint density at radius 3 is 2.49 bits per heavy atom. The van der Waals surface area contributed by atoms with E-state index in [0.29, 0.717) is 0 Å². The fourth-order valence-corrected chi connectivity index (χ4v) is 4.68. The lowest BCUT2D eigenvalue weighted by Gasteiger charge is -2.31. The van der Waals surface area contributed by atoms with Gasteiger partial charge in [0.25, 0.3) is 11.8 Å². The van der Waals surface area contributed by atoms with Gasteiger partial charge in [-0.15, -0.1) is 0 Å². The average molecular weight is 606 g/mol. The molecule has 0 radical (unpaired) electrons. The molecule has 5 rings (SSSR count). The second-order valence-corrected chi connectivity index (χ2v) is 10.3. The Kier molecular flexibility index (Phi) is 7.24. The molecule has 3 aromatic heterocycles. The van der Waals surface area contributed by atoms with E-state index in [0.717, 1.165) is 28.8 Å². The third-order valence-electron chi connectivity index (χ3n) is 7.22. The smallest absolute Gasteiger partial charge is 0.424 e. The number of hydrogen-bond donors (Lipinski definition) is 3. The number of nitrogens with two attached hydrogens (primary N) is 1. The molecule has 43 heavy (non-hydrogen) atoms. The van der Waals surface area contributed by atoms with Gasteiger partial charge >= 0.3 is 6.18 Å². The van der Waals surface area contributed by atoms with Crippen molar-refractivity contribution >= 4 is 17.3 Å². The van der Waals surface area contributed by atoms with E-state index in [1.54, 1.807) is 0 Å². The normalized spacial score (nSPS) is 17.7. The molecule has 0 spiro atoms. The van der Waals surface area contributed by atoms with Crippen molar-refractivity contribution in [2.75, 3.05) is 26.9 Å². The third-order valence-corrected chi connectivity index (χ3v) is 7.22. The summed E-state index contributed by atoms with van der Waals surface area (Å²) in [5.74, 6) is -2.54. The van der Waals surface area contributed by atoms with Crippen LogP contribution in [0.1, 0.15) is 39.0 Å². The maximum Gasteiger partial charge on any atom is 0.424 e. The zero-order valence-electron chi connectivity index (χ0n) is 22.6. The highest BCUT2D eigenvalue weighted by Crippen LogP contribution is 2.48. The summed E-state index contributed by atoms with van der Waals surface area (Å²) in [4.78, 5) is 28.7. The molecular weight excluding hydrogens is 581 g/mol. The number of amides is 2. The van der Waals surface area contributed by atoms with E-state index in [1.165, 1.54) is 38.3 Å². The van der Waals surface area contributed by atoms with E-state index >= 15 is 0 Å². The Morgan fingerprint density at radius 1 is 1.19 bits per heavy atom. The second kappa shape index (κ2) is 10.5. The zero-order chi connectivity index (χ0) is 31.3. The Balaban J connectivity index is 1.56. The molecule has 1 aliphatic heterocycles. The molecular formula is C28H24F5N5O5. The highest BCUT2D eigenvalue weighted by molar-refractivity contribution is 5.97. The van der Waals surface area contributed by atoms with Crippen LogP contribution in [-0.4, -0.2) is 64.6 Å². The molecule has 10 nitrogen and oxygen atoms in total. The molecule has 0 fully saturated rings. The predicted octanol–water partition coefficient (Wildman–Crippen LogP) is 3.44. The molecule has 0 saturated heterocycles. The van der Waals surface area contributed by atoms with Gasteiger partial charge in [-0.05, 0) is 49.4 Å². The standard InChI is InChI=1S/C28H24F5N5O5/c1-26(11-29)13-43-23-18(26)10-20(36-22(23)14-3-5-16(30)6-4-14)27(41,28(31,32)33)12-35-25(40)15-7-17-9-19(24(34)39)37-38(17)21(8-15)42-2/h3-10,41H,11-13H2,1-2H3,(H2,34,39)(H,35,40)/t26?,27-/m0/s1. The van der Waals surface area contributed by atoms with Gasteiger partial charge in [0.2, 0.25) is 11.5 Å². The largest absolute Gasteiger partial charge is 0.490 e. The van der Waals surface area contributed by atoms with Gasteiger partial charge < -0.3 is 25.6 Å². The van der Waals surface area contributed by atoms with E-state index in [2.05, 4.69) is 15.4 Å². The van der Waals surface area contributed by atoms with Crippen LogP contribution in [0.5, 0.6) is 11.6 Å². The zero-order valence-corrected chi connectivity index (χ0v) is 22.6.